The van der Waals surface area contributed by atoms with Crippen molar-refractivity contribution in [3.8, 4) is 11.5 Å². The molecule has 2 N–H and O–H groups in total. The summed E-state index contributed by atoms with van der Waals surface area (Å²) in [5, 5.41) is 0. The lowest BCUT2D eigenvalue weighted by Crippen LogP contribution is -2.45. The van der Waals surface area contributed by atoms with Crippen molar-refractivity contribution in [3.63, 3.8) is 0 Å². The molecular formula is C16H26N2O2. The summed E-state index contributed by atoms with van der Waals surface area (Å²) in [4.78, 5) is 2.39. The van der Waals surface area contributed by atoms with Gasteiger partial charge in [-0.1, -0.05) is 18.6 Å². The van der Waals surface area contributed by atoms with E-state index in [4.69, 9.17) is 15.2 Å². The fourth-order valence-electron chi connectivity index (χ4n) is 2.97. The second-order valence-corrected chi connectivity index (χ2v) is 5.52. The number of nitrogens with two attached hydrogens (primary N) is 1. The van der Waals surface area contributed by atoms with Crippen LogP contribution >= 0.6 is 0 Å². The maximum absolute atomic E-state index is 6.22. The number of likely N-dealkylation sites (N-methyl/N-ethyl adjacent to an activating group) is 1. The van der Waals surface area contributed by atoms with E-state index in [9.17, 15) is 0 Å². The molecule has 1 saturated heterocycles. The van der Waals surface area contributed by atoms with Gasteiger partial charge in [-0.15, -0.1) is 0 Å². The smallest absolute Gasteiger partial charge is 0.166 e. The molecule has 0 spiro atoms. The van der Waals surface area contributed by atoms with Crippen LogP contribution < -0.4 is 15.2 Å². The predicted molar refractivity (Wildman–Crippen MR) is 81.2 cm³/mol. The molecule has 112 valence electrons. The van der Waals surface area contributed by atoms with Crippen LogP contribution in [0.2, 0.25) is 0 Å². The lowest BCUT2D eigenvalue weighted by Gasteiger charge is -2.36. The summed E-state index contributed by atoms with van der Waals surface area (Å²) in [6, 6.07) is 6.32. The van der Waals surface area contributed by atoms with Gasteiger partial charge in [0.05, 0.1) is 7.11 Å². The minimum atomic E-state index is 0.127. The number of piperidine rings is 1. The molecule has 1 aromatic carbocycles. The summed E-state index contributed by atoms with van der Waals surface area (Å²) in [7, 11) is 3.84. The van der Waals surface area contributed by atoms with Crippen molar-refractivity contribution in [1.82, 2.24) is 4.90 Å². The van der Waals surface area contributed by atoms with Crippen molar-refractivity contribution in [1.29, 1.82) is 0 Å². The number of methoxy groups -OCH3 is 1. The first-order chi connectivity index (χ1) is 9.67. The number of nitrogens with zero attached hydrogens (tertiary/aromatic N) is 1. The van der Waals surface area contributed by atoms with Crippen LogP contribution in [0, 0.1) is 0 Å². The van der Waals surface area contributed by atoms with E-state index < -0.39 is 0 Å². The first kappa shape index (κ1) is 15.1. The van der Waals surface area contributed by atoms with Gasteiger partial charge >= 0.3 is 0 Å². The maximum Gasteiger partial charge on any atom is 0.166 e. The second-order valence-electron chi connectivity index (χ2n) is 5.52. The molecule has 1 aliphatic rings. The van der Waals surface area contributed by atoms with E-state index in [0.29, 0.717) is 12.6 Å². The molecule has 0 aliphatic carbocycles. The van der Waals surface area contributed by atoms with Crippen LogP contribution in [0.3, 0.4) is 0 Å². The summed E-state index contributed by atoms with van der Waals surface area (Å²) < 4.78 is 11.6. The zero-order valence-corrected chi connectivity index (χ0v) is 12.8. The van der Waals surface area contributed by atoms with Crippen LogP contribution in [0.25, 0.3) is 0 Å². The summed E-state index contributed by atoms with van der Waals surface area (Å²) in [6.45, 7) is 3.74. The van der Waals surface area contributed by atoms with Crippen molar-refractivity contribution in [2.45, 2.75) is 44.9 Å². The van der Waals surface area contributed by atoms with Crippen molar-refractivity contribution in [3.05, 3.63) is 23.8 Å². The van der Waals surface area contributed by atoms with Gasteiger partial charge in [0.15, 0.2) is 11.5 Å². The molecule has 20 heavy (non-hydrogen) atoms. The standard InChI is InChI=1S/C16H26N2O2/c1-12(14-8-4-5-10-18(14)2)20-16-13(11-17)7-6-9-15(16)19-3/h6-7,9,12,14H,4-5,8,10-11,17H2,1-3H3. The van der Waals surface area contributed by atoms with E-state index in [0.717, 1.165) is 23.6 Å². The van der Waals surface area contributed by atoms with Crippen molar-refractivity contribution < 1.29 is 9.47 Å². The summed E-state index contributed by atoms with van der Waals surface area (Å²) >= 11 is 0. The highest BCUT2D eigenvalue weighted by Gasteiger charge is 2.27. The quantitative estimate of drug-likeness (QED) is 0.898. The Labute approximate surface area is 121 Å². The van der Waals surface area contributed by atoms with Crippen LogP contribution in [0.15, 0.2) is 18.2 Å². The van der Waals surface area contributed by atoms with Gasteiger partial charge in [-0.05, 0) is 39.4 Å². The first-order valence-electron chi connectivity index (χ1n) is 7.40. The average Bonchev–Trinajstić information content (AvgIpc) is 2.47. The molecule has 0 bridgehead atoms. The Morgan fingerprint density at radius 1 is 1.40 bits per heavy atom. The molecule has 1 aromatic rings. The molecule has 4 nitrogen and oxygen atoms in total. The summed E-state index contributed by atoms with van der Waals surface area (Å²) in [6.07, 6.45) is 3.87. The highest BCUT2D eigenvalue weighted by Crippen LogP contribution is 2.33. The van der Waals surface area contributed by atoms with E-state index in [2.05, 4.69) is 18.9 Å². The minimum absolute atomic E-state index is 0.127. The Kier molecular flexibility index (Phi) is 5.26. The largest absolute Gasteiger partial charge is 0.493 e. The van der Waals surface area contributed by atoms with E-state index in [1.54, 1.807) is 7.11 Å². The number of para-hydroxylation sites is 1. The van der Waals surface area contributed by atoms with Gasteiger partial charge in [0.25, 0.3) is 0 Å². The zero-order chi connectivity index (χ0) is 14.5. The van der Waals surface area contributed by atoms with Crippen molar-refractivity contribution in [2.75, 3.05) is 20.7 Å². The van der Waals surface area contributed by atoms with Crippen LogP contribution in [-0.2, 0) is 6.54 Å². The molecule has 1 fully saturated rings. The molecule has 4 heteroatoms. The molecule has 2 atom stereocenters. The highest BCUT2D eigenvalue weighted by molar-refractivity contribution is 5.46. The third-order valence-electron chi connectivity index (χ3n) is 4.17. The zero-order valence-electron chi connectivity index (χ0n) is 12.8. The monoisotopic (exact) mass is 278 g/mol. The van der Waals surface area contributed by atoms with Gasteiger partial charge in [-0.3, -0.25) is 4.90 Å². The fourth-order valence-corrected chi connectivity index (χ4v) is 2.97. The Morgan fingerprint density at radius 2 is 2.20 bits per heavy atom. The lowest BCUT2D eigenvalue weighted by atomic mass is 9.99. The molecule has 0 aromatic heterocycles. The van der Waals surface area contributed by atoms with E-state index in [1.807, 2.05) is 18.2 Å². The van der Waals surface area contributed by atoms with E-state index >= 15 is 0 Å². The normalized spacial score (nSPS) is 21.5. The number of benzene rings is 1. The van der Waals surface area contributed by atoms with Crippen molar-refractivity contribution in [2.24, 2.45) is 5.73 Å². The molecule has 1 heterocycles. The van der Waals surface area contributed by atoms with Gasteiger partial charge in [0.1, 0.15) is 6.10 Å². The molecule has 1 aliphatic heterocycles. The Morgan fingerprint density at radius 3 is 2.85 bits per heavy atom. The molecular weight excluding hydrogens is 252 g/mol. The lowest BCUT2D eigenvalue weighted by molar-refractivity contribution is 0.0661. The Bertz CT molecular complexity index is 414. The van der Waals surface area contributed by atoms with E-state index in [-0.39, 0.29) is 6.10 Å². The number of likely N-dealkylation sites (tertiary alicyclic amines) is 1. The first-order valence-corrected chi connectivity index (χ1v) is 7.40. The average molecular weight is 278 g/mol. The van der Waals surface area contributed by atoms with Gasteiger partial charge in [-0.25, -0.2) is 0 Å². The summed E-state index contributed by atoms with van der Waals surface area (Å²) in [5.41, 5.74) is 6.80. The highest BCUT2D eigenvalue weighted by atomic mass is 16.5. The van der Waals surface area contributed by atoms with Gasteiger partial charge < -0.3 is 15.2 Å². The second kappa shape index (κ2) is 6.95. The predicted octanol–water partition coefficient (Wildman–Crippen LogP) is 2.41. The third-order valence-corrected chi connectivity index (χ3v) is 4.17. The number of hydrogen-bond acceptors (Lipinski definition) is 4. The van der Waals surface area contributed by atoms with Gasteiger partial charge in [-0.2, -0.15) is 0 Å². The molecule has 2 rings (SSSR count). The molecule has 0 saturated carbocycles. The van der Waals surface area contributed by atoms with Crippen LogP contribution in [-0.4, -0.2) is 37.7 Å². The molecule has 0 amide bonds. The Balaban J connectivity index is 2.16. The van der Waals surface area contributed by atoms with E-state index in [1.165, 1.54) is 19.3 Å². The Hall–Kier alpha value is -1.26. The molecule has 2 unspecified atom stereocenters. The third kappa shape index (κ3) is 3.25. The van der Waals surface area contributed by atoms with Gasteiger partial charge in [0, 0.05) is 18.2 Å². The van der Waals surface area contributed by atoms with Crippen LogP contribution in [0.4, 0.5) is 0 Å². The SMILES string of the molecule is COc1cccc(CN)c1OC(C)C1CCCCN1C. The number of ether oxygens (including phenoxy) is 2. The summed E-state index contributed by atoms with van der Waals surface area (Å²) in [5.74, 6) is 1.56. The fraction of sp³-hybridized carbons (Fsp3) is 0.625. The van der Waals surface area contributed by atoms with Crippen LogP contribution in [0.1, 0.15) is 31.7 Å². The van der Waals surface area contributed by atoms with Crippen molar-refractivity contribution >= 4 is 0 Å². The molecule has 0 radical (unpaired) electrons. The minimum Gasteiger partial charge on any atom is -0.493 e. The van der Waals surface area contributed by atoms with Crippen LogP contribution in [0.5, 0.6) is 11.5 Å². The topological polar surface area (TPSA) is 47.7 Å². The number of hydrogen-bond donors (Lipinski definition) is 1. The maximum atomic E-state index is 6.22. The number of rotatable bonds is 5. The van der Waals surface area contributed by atoms with Gasteiger partial charge in [0.2, 0.25) is 0 Å².